The van der Waals surface area contributed by atoms with Gasteiger partial charge in [0.15, 0.2) is 0 Å². The Labute approximate surface area is 99.3 Å². The lowest BCUT2D eigenvalue weighted by Crippen LogP contribution is -2.11. The van der Waals surface area contributed by atoms with E-state index in [1.54, 1.807) is 0 Å². The lowest BCUT2D eigenvalue weighted by atomic mass is 9.86. The molecule has 1 N–H and O–H groups in total. The summed E-state index contributed by atoms with van der Waals surface area (Å²) in [5.74, 6) is 1.67. The molecule has 1 aliphatic carbocycles. The van der Waals surface area contributed by atoms with Crippen molar-refractivity contribution in [3.63, 3.8) is 0 Å². The van der Waals surface area contributed by atoms with Crippen LogP contribution in [-0.4, -0.2) is 13.6 Å². The second-order valence-corrected chi connectivity index (χ2v) is 6.03. The van der Waals surface area contributed by atoms with Crippen molar-refractivity contribution in [3.8, 4) is 0 Å². The maximum atomic E-state index is 3.27. The molecule has 0 saturated heterocycles. The van der Waals surface area contributed by atoms with Crippen molar-refractivity contribution in [1.82, 2.24) is 5.32 Å². The van der Waals surface area contributed by atoms with Crippen molar-refractivity contribution in [2.24, 2.45) is 5.92 Å². The maximum absolute atomic E-state index is 3.27. The number of benzene rings is 1. The predicted molar refractivity (Wildman–Crippen MR) is 69.9 cm³/mol. The molecule has 0 amide bonds. The Bertz CT molecular complexity index is 345. The second-order valence-electron chi connectivity index (χ2n) is 6.03. The molecule has 1 heteroatoms. The first-order valence-corrected chi connectivity index (χ1v) is 6.27. The molecular formula is C15H23N. The van der Waals surface area contributed by atoms with Gasteiger partial charge in [0.1, 0.15) is 0 Å². The Balaban J connectivity index is 2.04. The summed E-state index contributed by atoms with van der Waals surface area (Å²) in [4.78, 5) is 0. The summed E-state index contributed by atoms with van der Waals surface area (Å²) >= 11 is 0. The SMILES string of the molecule is CNCC1CC1c1ccc(C(C)(C)C)cc1. The summed E-state index contributed by atoms with van der Waals surface area (Å²) in [5, 5.41) is 3.27. The van der Waals surface area contributed by atoms with E-state index in [2.05, 4.69) is 50.4 Å². The Morgan fingerprint density at radius 1 is 1.19 bits per heavy atom. The van der Waals surface area contributed by atoms with E-state index >= 15 is 0 Å². The van der Waals surface area contributed by atoms with Crippen LogP contribution in [0.3, 0.4) is 0 Å². The molecule has 2 atom stereocenters. The van der Waals surface area contributed by atoms with Crippen LogP contribution in [0, 0.1) is 5.92 Å². The van der Waals surface area contributed by atoms with Crippen LogP contribution in [0.4, 0.5) is 0 Å². The smallest absolute Gasteiger partial charge is 0.00175 e. The summed E-state index contributed by atoms with van der Waals surface area (Å²) in [5.41, 5.74) is 3.22. The lowest BCUT2D eigenvalue weighted by molar-refractivity contribution is 0.590. The van der Waals surface area contributed by atoms with Crippen molar-refractivity contribution in [2.45, 2.75) is 38.5 Å². The first kappa shape index (κ1) is 11.7. The molecule has 0 spiro atoms. The van der Waals surface area contributed by atoms with Gasteiger partial charge in [0.05, 0.1) is 0 Å². The highest BCUT2D eigenvalue weighted by Gasteiger charge is 2.37. The molecule has 0 bridgehead atoms. The van der Waals surface area contributed by atoms with Crippen LogP contribution in [0.5, 0.6) is 0 Å². The predicted octanol–water partition coefficient (Wildman–Crippen LogP) is 3.31. The number of rotatable bonds is 3. The van der Waals surface area contributed by atoms with E-state index in [0.29, 0.717) is 0 Å². The highest BCUT2D eigenvalue weighted by molar-refractivity contribution is 5.32. The summed E-state index contributed by atoms with van der Waals surface area (Å²) in [6.45, 7) is 7.96. The van der Waals surface area contributed by atoms with Crippen molar-refractivity contribution in [1.29, 1.82) is 0 Å². The molecule has 1 fully saturated rings. The third-order valence-electron chi connectivity index (χ3n) is 3.59. The van der Waals surface area contributed by atoms with E-state index in [4.69, 9.17) is 0 Å². The zero-order valence-electron chi connectivity index (χ0n) is 10.9. The second kappa shape index (κ2) is 4.21. The van der Waals surface area contributed by atoms with Gasteiger partial charge >= 0.3 is 0 Å². The minimum Gasteiger partial charge on any atom is -0.319 e. The van der Waals surface area contributed by atoms with Crippen LogP contribution in [0.15, 0.2) is 24.3 Å². The van der Waals surface area contributed by atoms with Gasteiger partial charge in [-0.2, -0.15) is 0 Å². The molecule has 0 radical (unpaired) electrons. The quantitative estimate of drug-likeness (QED) is 0.819. The van der Waals surface area contributed by atoms with Gasteiger partial charge in [0.25, 0.3) is 0 Å². The molecule has 88 valence electrons. The van der Waals surface area contributed by atoms with Crippen LogP contribution < -0.4 is 5.32 Å². The molecule has 1 nitrogen and oxygen atoms in total. The van der Waals surface area contributed by atoms with Gasteiger partial charge in [-0.15, -0.1) is 0 Å². The third-order valence-corrected chi connectivity index (χ3v) is 3.59. The monoisotopic (exact) mass is 217 g/mol. The first-order valence-electron chi connectivity index (χ1n) is 6.27. The summed E-state index contributed by atoms with van der Waals surface area (Å²) in [6.07, 6.45) is 1.36. The average Bonchev–Trinajstić information content (AvgIpc) is 2.97. The number of hydrogen-bond donors (Lipinski definition) is 1. The van der Waals surface area contributed by atoms with Gasteiger partial charge in [0, 0.05) is 0 Å². The minimum atomic E-state index is 0.270. The van der Waals surface area contributed by atoms with Crippen molar-refractivity contribution in [2.75, 3.05) is 13.6 Å². The highest BCUT2D eigenvalue weighted by atomic mass is 14.8. The van der Waals surface area contributed by atoms with E-state index in [1.165, 1.54) is 17.5 Å². The fourth-order valence-electron chi connectivity index (χ4n) is 2.37. The van der Waals surface area contributed by atoms with Gasteiger partial charge in [0.2, 0.25) is 0 Å². The molecule has 1 aliphatic rings. The van der Waals surface area contributed by atoms with E-state index in [9.17, 15) is 0 Å². The van der Waals surface area contributed by atoms with Crippen molar-refractivity contribution < 1.29 is 0 Å². The zero-order chi connectivity index (χ0) is 11.8. The molecule has 2 unspecified atom stereocenters. The Kier molecular flexibility index (Phi) is 3.07. The van der Waals surface area contributed by atoms with Gasteiger partial charge in [-0.05, 0) is 48.4 Å². The minimum absolute atomic E-state index is 0.270. The largest absolute Gasteiger partial charge is 0.319 e. The molecule has 1 aromatic carbocycles. The summed E-state index contributed by atoms with van der Waals surface area (Å²) < 4.78 is 0. The number of nitrogens with one attached hydrogen (secondary N) is 1. The van der Waals surface area contributed by atoms with Crippen molar-refractivity contribution >= 4 is 0 Å². The van der Waals surface area contributed by atoms with Gasteiger partial charge in [-0.25, -0.2) is 0 Å². The number of hydrogen-bond acceptors (Lipinski definition) is 1. The summed E-state index contributed by atoms with van der Waals surface area (Å²) in [7, 11) is 2.04. The van der Waals surface area contributed by atoms with Crippen LogP contribution in [-0.2, 0) is 5.41 Å². The Hall–Kier alpha value is -0.820. The molecule has 1 saturated carbocycles. The molecule has 0 aromatic heterocycles. The fraction of sp³-hybridized carbons (Fsp3) is 0.600. The van der Waals surface area contributed by atoms with E-state index in [-0.39, 0.29) is 5.41 Å². The van der Waals surface area contributed by atoms with E-state index in [1.807, 2.05) is 7.05 Å². The van der Waals surface area contributed by atoms with E-state index < -0.39 is 0 Å². The third kappa shape index (κ3) is 2.46. The molecule has 16 heavy (non-hydrogen) atoms. The van der Waals surface area contributed by atoms with Gasteiger partial charge < -0.3 is 5.32 Å². The average molecular weight is 217 g/mol. The van der Waals surface area contributed by atoms with Crippen molar-refractivity contribution in [3.05, 3.63) is 35.4 Å². The lowest BCUT2D eigenvalue weighted by Gasteiger charge is -2.19. The molecule has 1 aromatic rings. The van der Waals surface area contributed by atoms with E-state index in [0.717, 1.165) is 18.4 Å². The van der Waals surface area contributed by atoms with Crippen LogP contribution in [0.1, 0.15) is 44.2 Å². The zero-order valence-corrected chi connectivity index (χ0v) is 10.9. The molecular weight excluding hydrogens is 194 g/mol. The maximum Gasteiger partial charge on any atom is -0.00175 e. The van der Waals surface area contributed by atoms with Gasteiger partial charge in [-0.3, -0.25) is 0 Å². The molecule has 2 rings (SSSR count). The fourth-order valence-corrected chi connectivity index (χ4v) is 2.37. The first-order chi connectivity index (χ1) is 7.52. The van der Waals surface area contributed by atoms with Gasteiger partial charge in [-0.1, -0.05) is 45.0 Å². The Morgan fingerprint density at radius 3 is 2.31 bits per heavy atom. The standard InChI is InChI=1S/C15H23N/c1-15(2,3)13-7-5-11(6-8-13)14-9-12(14)10-16-4/h5-8,12,14,16H,9-10H2,1-4H3. The Morgan fingerprint density at radius 2 is 1.81 bits per heavy atom. The normalized spacial score (nSPS) is 24.5. The summed E-state index contributed by atoms with van der Waals surface area (Å²) in [6, 6.07) is 9.23. The molecule has 0 heterocycles. The van der Waals surface area contributed by atoms with Crippen LogP contribution in [0.2, 0.25) is 0 Å². The van der Waals surface area contributed by atoms with Crippen LogP contribution in [0.25, 0.3) is 0 Å². The topological polar surface area (TPSA) is 12.0 Å². The molecule has 0 aliphatic heterocycles. The van der Waals surface area contributed by atoms with Crippen LogP contribution >= 0.6 is 0 Å². The highest BCUT2D eigenvalue weighted by Crippen LogP contribution is 2.47.